The van der Waals surface area contributed by atoms with Crippen LogP contribution in [0.15, 0.2) is 17.1 Å². The quantitative estimate of drug-likeness (QED) is 0.255. The average Bonchev–Trinajstić information content (AvgIpc) is 3.00. The van der Waals surface area contributed by atoms with Gasteiger partial charge in [0.05, 0.1) is 13.1 Å². The molecule has 1 heterocycles. The van der Waals surface area contributed by atoms with Crippen LogP contribution in [0, 0.1) is 0 Å². The van der Waals surface area contributed by atoms with Crippen molar-refractivity contribution < 1.29 is 9.59 Å². The van der Waals surface area contributed by atoms with Gasteiger partial charge in [-0.05, 0) is 39.0 Å². The highest BCUT2D eigenvalue weighted by molar-refractivity contribution is 5.76. The lowest BCUT2D eigenvalue weighted by Crippen LogP contribution is -2.56. The maximum atomic E-state index is 10.1. The molecular formula is C21H41N2O+. The summed E-state index contributed by atoms with van der Waals surface area (Å²) in [4.78, 5) is 4.68. The number of aliphatic imine (C=N–C) groups is 1. The first-order chi connectivity index (χ1) is 11.7. The maximum absolute atomic E-state index is 10.1. The van der Waals surface area contributed by atoms with Crippen LogP contribution in [0.4, 0.5) is 0 Å². The van der Waals surface area contributed by atoms with Crippen LogP contribution >= 0.6 is 0 Å². The molecule has 1 N–H and O–H groups in total. The lowest BCUT2D eigenvalue weighted by molar-refractivity contribution is -0.882. The van der Waals surface area contributed by atoms with Crippen molar-refractivity contribution in [2.45, 2.75) is 97.6 Å². The molecular weight excluding hydrogens is 296 g/mol. The van der Waals surface area contributed by atoms with Crippen LogP contribution in [0.2, 0.25) is 0 Å². The highest BCUT2D eigenvalue weighted by Crippen LogP contribution is 2.22. The van der Waals surface area contributed by atoms with Crippen molar-refractivity contribution in [1.29, 1.82) is 0 Å². The molecule has 3 nitrogen and oxygen atoms in total. The van der Waals surface area contributed by atoms with Crippen LogP contribution in [-0.2, 0) is 0 Å². The van der Waals surface area contributed by atoms with E-state index in [4.69, 9.17) is 0 Å². The Morgan fingerprint density at radius 1 is 1.00 bits per heavy atom. The number of likely N-dealkylation sites (N-methyl/N-ethyl adjacent to an activating group) is 1. The topological polar surface area (TPSA) is 32.6 Å². The second-order valence-corrected chi connectivity index (χ2v) is 7.28. The van der Waals surface area contributed by atoms with E-state index >= 15 is 0 Å². The van der Waals surface area contributed by atoms with Gasteiger partial charge in [0.2, 0.25) is 5.84 Å². The number of aliphatic hydroxyl groups excluding tert-OH is 1. The number of unbranched alkanes of at least 4 members (excludes halogenated alkanes) is 8. The molecule has 0 fully saturated rings. The molecule has 1 aliphatic heterocycles. The van der Waals surface area contributed by atoms with Crippen molar-refractivity contribution in [3.63, 3.8) is 0 Å². The first kappa shape index (κ1) is 21.4. The van der Waals surface area contributed by atoms with Crippen LogP contribution in [0.25, 0.3) is 0 Å². The Bertz CT molecular complexity index is 376. The van der Waals surface area contributed by atoms with Crippen LogP contribution in [0.1, 0.15) is 91.4 Å². The predicted octanol–water partition coefficient (Wildman–Crippen LogP) is 5.44. The van der Waals surface area contributed by atoms with E-state index < -0.39 is 0 Å². The summed E-state index contributed by atoms with van der Waals surface area (Å²) < 4.78 is 0.702. The molecule has 0 bridgehead atoms. The molecule has 0 aromatic rings. The number of rotatable bonds is 14. The van der Waals surface area contributed by atoms with Gasteiger partial charge in [-0.1, -0.05) is 51.2 Å². The van der Waals surface area contributed by atoms with Gasteiger partial charge in [0.1, 0.15) is 6.54 Å². The Kier molecular flexibility index (Phi) is 11.3. The molecule has 24 heavy (non-hydrogen) atoms. The minimum atomic E-state index is -0.325. The summed E-state index contributed by atoms with van der Waals surface area (Å²) in [5, 5.41) is 10.1. The molecule has 0 aromatic heterocycles. The minimum Gasteiger partial charge on any atom is -0.345 e. The van der Waals surface area contributed by atoms with Crippen LogP contribution in [0.3, 0.4) is 0 Å². The number of quaternary nitrogens is 1. The standard InChI is InChI=1S/C21H41N2O/c1-4-6-7-8-9-10-11-12-13-14-15-16-17-21-22-18-19-23(21,5-2)20(3)24/h12-13,20,24H,4-11,14-19H2,1-3H3/q+1/b13-12+. The summed E-state index contributed by atoms with van der Waals surface area (Å²) in [6, 6.07) is 0. The molecule has 3 heteroatoms. The van der Waals surface area contributed by atoms with Gasteiger partial charge >= 0.3 is 0 Å². The zero-order chi connectivity index (χ0) is 17.7. The molecule has 0 aliphatic carbocycles. The van der Waals surface area contributed by atoms with Gasteiger partial charge in [-0.3, -0.25) is 4.48 Å². The normalized spacial score (nSPS) is 22.2. The van der Waals surface area contributed by atoms with Crippen molar-refractivity contribution in [1.82, 2.24) is 0 Å². The molecule has 1 aliphatic rings. The maximum Gasteiger partial charge on any atom is 0.200 e. The van der Waals surface area contributed by atoms with Gasteiger partial charge in [0.15, 0.2) is 6.23 Å². The van der Waals surface area contributed by atoms with Gasteiger partial charge in [0, 0.05) is 13.3 Å². The van der Waals surface area contributed by atoms with E-state index in [0.29, 0.717) is 4.48 Å². The SMILES string of the molecule is CCCCCCCC/C=C/CCCCC1=NCC[N+]1(CC)C(C)O. The van der Waals surface area contributed by atoms with Crippen LogP contribution in [0.5, 0.6) is 0 Å². The molecule has 140 valence electrons. The Labute approximate surface area is 150 Å². The van der Waals surface area contributed by atoms with Crippen molar-refractivity contribution >= 4 is 5.84 Å². The van der Waals surface area contributed by atoms with E-state index in [1.165, 1.54) is 70.0 Å². The van der Waals surface area contributed by atoms with Crippen molar-refractivity contribution in [2.24, 2.45) is 4.99 Å². The number of amidine groups is 1. The Hall–Kier alpha value is -0.670. The third-order valence-electron chi connectivity index (χ3n) is 5.50. The largest absolute Gasteiger partial charge is 0.345 e. The summed E-state index contributed by atoms with van der Waals surface area (Å²) in [7, 11) is 0. The van der Waals surface area contributed by atoms with Crippen LogP contribution in [-0.4, -0.2) is 41.3 Å². The van der Waals surface area contributed by atoms with E-state index in [1.807, 2.05) is 6.92 Å². The molecule has 0 spiro atoms. The lowest BCUT2D eigenvalue weighted by Gasteiger charge is -2.36. The second-order valence-electron chi connectivity index (χ2n) is 7.28. The smallest absolute Gasteiger partial charge is 0.200 e. The summed E-state index contributed by atoms with van der Waals surface area (Å²) >= 11 is 0. The second kappa shape index (κ2) is 12.7. The number of hydrogen-bond acceptors (Lipinski definition) is 2. The summed E-state index contributed by atoms with van der Waals surface area (Å²) in [6.45, 7) is 9.16. The summed E-state index contributed by atoms with van der Waals surface area (Å²) in [5.74, 6) is 1.23. The minimum absolute atomic E-state index is 0.325. The van der Waals surface area contributed by atoms with Gasteiger partial charge in [0.25, 0.3) is 0 Å². The predicted molar refractivity (Wildman–Crippen MR) is 105 cm³/mol. The molecule has 0 aromatic carbocycles. The van der Waals surface area contributed by atoms with Gasteiger partial charge in [-0.2, -0.15) is 0 Å². The van der Waals surface area contributed by atoms with Crippen molar-refractivity contribution in [3.8, 4) is 0 Å². The Morgan fingerprint density at radius 3 is 2.25 bits per heavy atom. The zero-order valence-corrected chi connectivity index (χ0v) is 16.5. The number of nitrogens with zero attached hydrogens (tertiary/aromatic N) is 2. The molecule has 1 rings (SSSR count). The molecule has 0 radical (unpaired) electrons. The number of aliphatic hydroxyl groups is 1. The van der Waals surface area contributed by atoms with E-state index in [1.54, 1.807) is 0 Å². The van der Waals surface area contributed by atoms with E-state index in [-0.39, 0.29) is 6.23 Å². The number of allylic oxidation sites excluding steroid dienone is 2. The third kappa shape index (κ3) is 7.06. The highest BCUT2D eigenvalue weighted by atomic mass is 16.3. The van der Waals surface area contributed by atoms with Gasteiger partial charge in [-0.25, -0.2) is 4.99 Å². The monoisotopic (exact) mass is 337 g/mol. The first-order valence-corrected chi connectivity index (χ1v) is 10.4. The average molecular weight is 338 g/mol. The van der Waals surface area contributed by atoms with Gasteiger partial charge in [-0.15, -0.1) is 0 Å². The highest BCUT2D eigenvalue weighted by Gasteiger charge is 2.40. The first-order valence-electron chi connectivity index (χ1n) is 10.4. The van der Waals surface area contributed by atoms with Crippen molar-refractivity contribution in [3.05, 3.63) is 12.2 Å². The molecule has 2 unspecified atom stereocenters. The van der Waals surface area contributed by atoms with E-state index in [0.717, 1.165) is 26.1 Å². The lowest BCUT2D eigenvalue weighted by atomic mass is 10.1. The van der Waals surface area contributed by atoms with E-state index in [2.05, 4.69) is 31.0 Å². The fourth-order valence-electron chi connectivity index (χ4n) is 3.76. The van der Waals surface area contributed by atoms with Crippen LogP contribution < -0.4 is 0 Å². The number of hydrogen-bond donors (Lipinski definition) is 1. The summed E-state index contributed by atoms with van der Waals surface area (Å²) in [5.41, 5.74) is 0. The third-order valence-corrected chi connectivity index (χ3v) is 5.50. The summed E-state index contributed by atoms with van der Waals surface area (Å²) in [6.07, 6.45) is 18.6. The fraction of sp³-hybridized carbons (Fsp3) is 0.857. The molecule has 0 saturated carbocycles. The van der Waals surface area contributed by atoms with Gasteiger partial charge < -0.3 is 5.11 Å². The Balaban J connectivity index is 2.07. The molecule has 0 amide bonds. The fourth-order valence-corrected chi connectivity index (χ4v) is 3.76. The zero-order valence-electron chi connectivity index (χ0n) is 16.5. The molecule has 0 saturated heterocycles. The van der Waals surface area contributed by atoms with Crippen molar-refractivity contribution in [2.75, 3.05) is 19.6 Å². The van der Waals surface area contributed by atoms with E-state index in [9.17, 15) is 5.11 Å². The molecule has 2 atom stereocenters. The Morgan fingerprint density at radius 2 is 1.62 bits per heavy atom.